The monoisotopic (exact) mass is 542 g/mol. The summed E-state index contributed by atoms with van der Waals surface area (Å²) in [5.41, 5.74) is 4.49. The predicted molar refractivity (Wildman–Crippen MR) is 156 cm³/mol. The van der Waals surface area contributed by atoms with Crippen LogP contribution >= 0.6 is 0 Å². The van der Waals surface area contributed by atoms with E-state index in [1.807, 2.05) is 45.2 Å². The van der Waals surface area contributed by atoms with E-state index < -0.39 is 5.60 Å². The number of piperidine rings is 1. The van der Waals surface area contributed by atoms with E-state index in [9.17, 15) is 4.79 Å². The first-order valence-electron chi connectivity index (χ1n) is 13.9. The van der Waals surface area contributed by atoms with Crippen LogP contribution in [0.5, 0.6) is 0 Å². The number of amides is 1. The van der Waals surface area contributed by atoms with Gasteiger partial charge in [0.05, 0.1) is 11.9 Å². The van der Waals surface area contributed by atoms with Gasteiger partial charge in [-0.3, -0.25) is 4.98 Å². The summed E-state index contributed by atoms with van der Waals surface area (Å²) in [6.07, 6.45) is 4.98. The number of aromatic nitrogens is 5. The normalized spacial score (nSPS) is 14.5. The molecule has 3 aromatic heterocycles. The molecule has 1 aliphatic heterocycles. The first-order chi connectivity index (χ1) is 19.2. The predicted octanol–water partition coefficient (Wildman–Crippen LogP) is 5.73. The average Bonchev–Trinajstić information content (AvgIpc) is 3.36. The second-order valence-corrected chi connectivity index (χ2v) is 11.5. The summed E-state index contributed by atoms with van der Waals surface area (Å²) in [6, 6.07) is 14.4. The van der Waals surface area contributed by atoms with Crippen molar-refractivity contribution in [2.45, 2.75) is 71.6 Å². The molecule has 0 atom stereocenters. The molecule has 4 aromatic rings. The molecule has 2 N–H and O–H groups in total. The summed E-state index contributed by atoms with van der Waals surface area (Å²) < 4.78 is 7.31. The molecule has 10 nitrogen and oxygen atoms in total. The van der Waals surface area contributed by atoms with Crippen molar-refractivity contribution >= 4 is 23.6 Å². The van der Waals surface area contributed by atoms with Crippen molar-refractivity contribution in [3.63, 3.8) is 0 Å². The lowest BCUT2D eigenvalue weighted by atomic mass is 10.1. The molecule has 0 unspecified atom stereocenters. The Morgan fingerprint density at radius 1 is 1.07 bits per heavy atom. The van der Waals surface area contributed by atoms with E-state index in [1.54, 1.807) is 15.6 Å². The van der Waals surface area contributed by atoms with E-state index in [1.165, 1.54) is 0 Å². The fraction of sp³-hybridized carbons (Fsp3) is 0.433. The minimum atomic E-state index is -0.501. The zero-order chi connectivity index (χ0) is 28.3. The van der Waals surface area contributed by atoms with Gasteiger partial charge in [0.25, 0.3) is 0 Å². The Labute approximate surface area is 235 Å². The van der Waals surface area contributed by atoms with E-state index >= 15 is 0 Å². The van der Waals surface area contributed by atoms with Crippen molar-refractivity contribution in [3.05, 3.63) is 66.0 Å². The van der Waals surface area contributed by atoms with Gasteiger partial charge < -0.3 is 20.3 Å². The van der Waals surface area contributed by atoms with Crippen molar-refractivity contribution < 1.29 is 9.53 Å². The van der Waals surface area contributed by atoms with Gasteiger partial charge in [0, 0.05) is 43.0 Å². The third kappa shape index (κ3) is 6.50. The third-order valence-electron chi connectivity index (χ3n) is 6.86. The van der Waals surface area contributed by atoms with Gasteiger partial charge in [0.2, 0.25) is 11.9 Å². The molecule has 1 saturated heterocycles. The minimum Gasteiger partial charge on any atom is -0.444 e. The van der Waals surface area contributed by atoms with Crippen LogP contribution in [0.15, 0.2) is 54.9 Å². The molecule has 1 aromatic carbocycles. The number of hydrogen-bond acceptors (Lipinski definition) is 8. The number of carbonyl (C=O) groups is 1. The number of rotatable bonds is 7. The molecule has 0 radical (unpaired) electrons. The average molecular weight is 543 g/mol. The smallest absolute Gasteiger partial charge is 0.410 e. The first kappa shape index (κ1) is 27.4. The van der Waals surface area contributed by atoms with Crippen LogP contribution < -0.4 is 10.6 Å². The Kier molecular flexibility index (Phi) is 7.86. The number of fused-ring (bicyclic) bond motifs is 1. The summed E-state index contributed by atoms with van der Waals surface area (Å²) in [6.45, 7) is 11.8. The van der Waals surface area contributed by atoms with Gasteiger partial charge in [0.15, 0.2) is 5.65 Å². The highest BCUT2D eigenvalue weighted by atomic mass is 16.6. The van der Waals surface area contributed by atoms with Crippen molar-refractivity contribution in [2.75, 3.05) is 23.7 Å². The Bertz CT molecular complexity index is 1440. The van der Waals surface area contributed by atoms with Crippen LogP contribution in [0.2, 0.25) is 0 Å². The Morgan fingerprint density at radius 3 is 2.48 bits per heavy atom. The Morgan fingerprint density at radius 2 is 1.82 bits per heavy atom. The second kappa shape index (κ2) is 11.5. The zero-order valence-electron chi connectivity index (χ0n) is 23.9. The van der Waals surface area contributed by atoms with Crippen LogP contribution in [-0.2, 0) is 11.3 Å². The topological polar surface area (TPSA) is 110 Å². The maximum absolute atomic E-state index is 12.5. The highest BCUT2D eigenvalue weighted by Gasteiger charge is 2.27. The summed E-state index contributed by atoms with van der Waals surface area (Å²) in [5, 5.41) is 11.6. The molecular formula is C30H38N8O2. The molecule has 4 heterocycles. The number of nitrogens with one attached hydrogen (secondary N) is 2. The van der Waals surface area contributed by atoms with Crippen molar-refractivity contribution in [1.82, 2.24) is 29.5 Å². The number of ether oxygens (including phenoxy) is 1. The third-order valence-corrected chi connectivity index (χ3v) is 6.86. The van der Waals surface area contributed by atoms with Crippen molar-refractivity contribution in [1.29, 1.82) is 0 Å². The summed E-state index contributed by atoms with van der Waals surface area (Å²) in [4.78, 5) is 28.3. The lowest BCUT2D eigenvalue weighted by Gasteiger charge is -2.33. The van der Waals surface area contributed by atoms with Crippen LogP contribution in [0, 0.1) is 0 Å². The standard InChI is InChI=1S/C30H38N8O2/c1-20(2)24-19-33-38-26(24)35-27(34-23-13-16-37(17-14-23)29(39)40-30(3,4)5)36-28(38)32-18-21-9-11-22(12-10-21)25-8-6-7-15-31-25/h6-12,15,19-20,23H,13-14,16-18H2,1-5H3,(H2,32,34,35,36). The van der Waals surface area contributed by atoms with Crippen LogP contribution in [0.4, 0.5) is 16.7 Å². The molecule has 0 bridgehead atoms. The molecule has 0 saturated carbocycles. The van der Waals surface area contributed by atoms with Gasteiger partial charge in [-0.05, 0) is 57.2 Å². The number of benzene rings is 1. The molecule has 1 amide bonds. The van der Waals surface area contributed by atoms with Gasteiger partial charge in [-0.15, -0.1) is 0 Å². The molecule has 1 aliphatic rings. The number of likely N-dealkylation sites (tertiary alicyclic amines) is 1. The summed E-state index contributed by atoms with van der Waals surface area (Å²) in [5.74, 6) is 1.45. The lowest BCUT2D eigenvalue weighted by Crippen LogP contribution is -2.44. The van der Waals surface area contributed by atoms with E-state index in [2.05, 4.69) is 58.8 Å². The maximum Gasteiger partial charge on any atom is 0.410 e. The molecule has 210 valence electrons. The van der Waals surface area contributed by atoms with Gasteiger partial charge in [-0.25, -0.2) is 4.79 Å². The molecule has 0 spiro atoms. The van der Waals surface area contributed by atoms with Crippen LogP contribution in [0.3, 0.4) is 0 Å². The molecule has 0 aliphatic carbocycles. The molecule has 10 heteroatoms. The van der Waals surface area contributed by atoms with Crippen molar-refractivity contribution in [3.8, 4) is 11.3 Å². The molecule has 5 rings (SSSR count). The largest absolute Gasteiger partial charge is 0.444 e. The molecule has 40 heavy (non-hydrogen) atoms. The van der Waals surface area contributed by atoms with Crippen LogP contribution in [0.1, 0.15) is 64.5 Å². The van der Waals surface area contributed by atoms with E-state index in [-0.39, 0.29) is 18.1 Å². The van der Waals surface area contributed by atoms with Crippen molar-refractivity contribution in [2.24, 2.45) is 0 Å². The van der Waals surface area contributed by atoms with Gasteiger partial charge in [-0.1, -0.05) is 44.2 Å². The number of carbonyl (C=O) groups excluding carboxylic acids is 1. The highest BCUT2D eigenvalue weighted by molar-refractivity contribution is 5.68. The second-order valence-electron chi connectivity index (χ2n) is 11.5. The number of nitrogens with zero attached hydrogens (tertiary/aromatic N) is 6. The molecular weight excluding hydrogens is 504 g/mol. The van der Waals surface area contributed by atoms with E-state index in [4.69, 9.17) is 14.7 Å². The Hall–Kier alpha value is -4.21. The number of pyridine rings is 1. The quantitative estimate of drug-likeness (QED) is 0.305. The van der Waals surface area contributed by atoms with Gasteiger partial charge >= 0.3 is 6.09 Å². The lowest BCUT2D eigenvalue weighted by molar-refractivity contribution is 0.0210. The first-order valence-corrected chi connectivity index (χ1v) is 13.9. The zero-order valence-corrected chi connectivity index (χ0v) is 23.9. The number of hydrogen-bond donors (Lipinski definition) is 2. The fourth-order valence-electron chi connectivity index (χ4n) is 4.70. The molecule has 1 fully saturated rings. The summed E-state index contributed by atoms with van der Waals surface area (Å²) in [7, 11) is 0. The highest BCUT2D eigenvalue weighted by Crippen LogP contribution is 2.24. The fourth-order valence-corrected chi connectivity index (χ4v) is 4.70. The SMILES string of the molecule is CC(C)c1cnn2c(NCc3ccc(-c4ccccn4)cc3)nc(NC3CCN(C(=O)OC(C)(C)C)CC3)nc12. The maximum atomic E-state index is 12.5. The van der Waals surface area contributed by atoms with Crippen LogP contribution in [-0.4, -0.2) is 60.3 Å². The number of anilines is 2. The van der Waals surface area contributed by atoms with Gasteiger partial charge in [0.1, 0.15) is 5.60 Å². The van der Waals surface area contributed by atoms with Gasteiger partial charge in [-0.2, -0.15) is 19.6 Å². The van der Waals surface area contributed by atoms with Crippen LogP contribution in [0.25, 0.3) is 16.9 Å². The van der Waals surface area contributed by atoms with E-state index in [0.717, 1.165) is 40.9 Å². The van der Waals surface area contributed by atoms with E-state index in [0.29, 0.717) is 31.5 Å². The Balaban J connectivity index is 1.29. The minimum absolute atomic E-state index is 0.151. The summed E-state index contributed by atoms with van der Waals surface area (Å²) >= 11 is 0.